The maximum Gasteiger partial charge on any atom is 0.150 e. The van der Waals surface area contributed by atoms with Gasteiger partial charge in [-0.3, -0.25) is 4.98 Å². The number of aromatic nitrogens is 3. The van der Waals surface area contributed by atoms with Gasteiger partial charge >= 0.3 is 0 Å². The van der Waals surface area contributed by atoms with Crippen LogP contribution >= 0.6 is 0 Å². The van der Waals surface area contributed by atoms with E-state index in [1.54, 1.807) is 12.4 Å². The molecule has 1 atom stereocenters. The molecule has 0 spiro atoms. The van der Waals surface area contributed by atoms with Crippen molar-refractivity contribution in [1.82, 2.24) is 14.8 Å². The summed E-state index contributed by atoms with van der Waals surface area (Å²) in [5, 5.41) is 5.57. The molecule has 0 amide bonds. The van der Waals surface area contributed by atoms with Gasteiger partial charge in [0.25, 0.3) is 0 Å². The summed E-state index contributed by atoms with van der Waals surface area (Å²) in [5.74, 6) is 0. The van der Waals surface area contributed by atoms with Gasteiger partial charge in [0.15, 0.2) is 6.23 Å². The quantitative estimate of drug-likeness (QED) is 0.733. The van der Waals surface area contributed by atoms with Crippen molar-refractivity contribution in [2.24, 2.45) is 0 Å². The number of anilines is 1. The van der Waals surface area contributed by atoms with E-state index in [0.29, 0.717) is 0 Å². The molecule has 1 unspecified atom stereocenters. The number of rotatable bonds is 2. The second-order valence-electron chi connectivity index (χ2n) is 6.05. The average molecular weight is 308 g/mol. The number of hydrogen-bond acceptors (Lipinski definition) is 4. The number of hydrogen-bond donors (Lipinski definition) is 1. The molecule has 2 N–H and O–H groups in total. The highest BCUT2D eigenvalue weighted by molar-refractivity contribution is 5.97. The molecular weight excluding hydrogens is 288 g/mol. The normalized spacial score (nSPS) is 18.4. The third-order valence-electron chi connectivity index (χ3n) is 4.59. The minimum absolute atomic E-state index is 0.00652. The van der Waals surface area contributed by atoms with Crippen molar-refractivity contribution in [3.05, 3.63) is 42.4 Å². The van der Waals surface area contributed by atoms with E-state index in [1.807, 2.05) is 29.1 Å². The largest absolute Gasteiger partial charge is 0.398 e. The van der Waals surface area contributed by atoms with Crippen molar-refractivity contribution in [1.29, 1.82) is 0 Å². The molecule has 0 aliphatic carbocycles. The Labute approximate surface area is 135 Å². The van der Waals surface area contributed by atoms with Crippen molar-refractivity contribution in [3.8, 4) is 11.1 Å². The highest BCUT2D eigenvalue weighted by atomic mass is 16.5. The van der Waals surface area contributed by atoms with Gasteiger partial charge in [0.1, 0.15) is 0 Å². The van der Waals surface area contributed by atoms with Crippen LogP contribution < -0.4 is 5.73 Å². The Bertz CT molecular complexity index is 835. The fourth-order valence-electron chi connectivity index (χ4n) is 3.38. The first-order chi connectivity index (χ1) is 11.3. The van der Waals surface area contributed by atoms with Crippen LogP contribution in [0.2, 0.25) is 0 Å². The molecule has 1 saturated heterocycles. The second-order valence-corrected chi connectivity index (χ2v) is 6.05. The molecular formula is C18H20N4O. The molecule has 118 valence electrons. The van der Waals surface area contributed by atoms with Crippen LogP contribution in [0, 0.1) is 6.92 Å². The predicted octanol–water partition coefficient (Wildman–Crippen LogP) is 3.69. The maximum absolute atomic E-state index is 6.30. The van der Waals surface area contributed by atoms with Crippen molar-refractivity contribution < 1.29 is 4.74 Å². The maximum atomic E-state index is 6.30. The first-order valence-electron chi connectivity index (χ1n) is 8.04. The number of pyridine rings is 1. The molecule has 0 saturated carbocycles. The van der Waals surface area contributed by atoms with Crippen LogP contribution in [-0.2, 0) is 4.74 Å². The van der Waals surface area contributed by atoms with Gasteiger partial charge in [-0.15, -0.1) is 0 Å². The first-order valence-corrected chi connectivity index (χ1v) is 8.04. The number of aryl methyl sites for hydroxylation is 1. The number of fused-ring (bicyclic) bond motifs is 1. The molecule has 1 aliphatic rings. The van der Waals surface area contributed by atoms with E-state index >= 15 is 0 Å². The Morgan fingerprint density at radius 2 is 2.09 bits per heavy atom. The van der Waals surface area contributed by atoms with Gasteiger partial charge in [-0.1, -0.05) is 0 Å². The van der Waals surface area contributed by atoms with Crippen LogP contribution in [0.15, 0.2) is 36.8 Å². The number of benzene rings is 1. The van der Waals surface area contributed by atoms with Crippen molar-refractivity contribution in [2.75, 3.05) is 12.3 Å². The van der Waals surface area contributed by atoms with E-state index in [1.165, 1.54) is 12.0 Å². The number of nitrogens with zero attached hydrogens (tertiary/aromatic N) is 3. The van der Waals surface area contributed by atoms with Crippen LogP contribution in [0.1, 0.15) is 31.1 Å². The van der Waals surface area contributed by atoms with E-state index in [0.717, 1.165) is 47.2 Å². The van der Waals surface area contributed by atoms with Gasteiger partial charge in [0.2, 0.25) is 0 Å². The molecule has 0 radical (unpaired) electrons. The van der Waals surface area contributed by atoms with Crippen molar-refractivity contribution in [3.63, 3.8) is 0 Å². The monoisotopic (exact) mass is 308 g/mol. The molecule has 3 aromatic rings. The van der Waals surface area contributed by atoms with E-state index in [9.17, 15) is 0 Å². The Hall–Kier alpha value is -2.40. The summed E-state index contributed by atoms with van der Waals surface area (Å²) in [4.78, 5) is 4.10. The molecule has 5 nitrogen and oxygen atoms in total. The van der Waals surface area contributed by atoms with Gasteiger partial charge < -0.3 is 10.5 Å². The summed E-state index contributed by atoms with van der Waals surface area (Å²) < 4.78 is 7.93. The molecule has 1 aromatic carbocycles. The van der Waals surface area contributed by atoms with Crippen LogP contribution in [-0.4, -0.2) is 21.4 Å². The van der Waals surface area contributed by atoms with E-state index in [4.69, 9.17) is 10.5 Å². The Morgan fingerprint density at radius 1 is 1.26 bits per heavy atom. The fourth-order valence-corrected chi connectivity index (χ4v) is 3.38. The van der Waals surface area contributed by atoms with Crippen LogP contribution in [0.5, 0.6) is 0 Å². The van der Waals surface area contributed by atoms with Gasteiger partial charge in [-0.25, -0.2) is 4.68 Å². The minimum atomic E-state index is 0.00652. The molecule has 2 aromatic heterocycles. The highest BCUT2D eigenvalue weighted by Gasteiger charge is 2.21. The predicted molar refractivity (Wildman–Crippen MR) is 91.0 cm³/mol. The van der Waals surface area contributed by atoms with Crippen molar-refractivity contribution in [2.45, 2.75) is 32.4 Å². The third-order valence-corrected chi connectivity index (χ3v) is 4.59. The zero-order valence-electron chi connectivity index (χ0n) is 13.2. The fraction of sp³-hybridized carbons (Fsp3) is 0.333. The van der Waals surface area contributed by atoms with Gasteiger partial charge in [-0.2, -0.15) is 5.10 Å². The first kappa shape index (κ1) is 14.2. The SMILES string of the molecule is Cc1c(-c2ccncc2)cc(N)c2cnn(C3CCCCO3)c12. The molecule has 23 heavy (non-hydrogen) atoms. The Kier molecular flexibility index (Phi) is 3.50. The molecule has 5 heteroatoms. The second kappa shape index (κ2) is 5.66. The number of nitrogens with two attached hydrogens (primary N) is 1. The molecule has 0 bridgehead atoms. The van der Waals surface area contributed by atoms with E-state index in [-0.39, 0.29) is 6.23 Å². The average Bonchev–Trinajstić information content (AvgIpc) is 3.06. The lowest BCUT2D eigenvalue weighted by molar-refractivity contribution is -0.0367. The molecule has 3 heterocycles. The summed E-state index contributed by atoms with van der Waals surface area (Å²) in [6, 6.07) is 6.04. The Morgan fingerprint density at radius 3 is 2.83 bits per heavy atom. The summed E-state index contributed by atoms with van der Waals surface area (Å²) in [6.07, 6.45) is 8.76. The van der Waals surface area contributed by atoms with Gasteiger partial charge in [0.05, 0.1) is 11.7 Å². The highest BCUT2D eigenvalue weighted by Crippen LogP contribution is 2.36. The Balaban J connectivity index is 1.92. The van der Waals surface area contributed by atoms with Crippen LogP contribution in [0.4, 0.5) is 5.69 Å². The molecule has 1 fully saturated rings. The third kappa shape index (κ3) is 2.37. The smallest absolute Gasteiger partial charge is 0.150 e. The summed E-state index contributed by atoms with van der Waals surface area (Å²) >= 11 is 0. The van der Waals surface area contributed by atoms with Gasteiger partial charge in [0, 0.05) is 30.1 Å². The number of nitrogen functional groups attached to an aromatic ring is 1. The van der Waals surface area contributed by atoms with Crippen LogP contribution in [0.25, 0.3) is 22.0 Å². The number of ether oxygens (including phenoxy) is 1. The summed E-state index contributed by atoms with van der Waals surface area (Å²) in [5.41, 5.74) is 11.5. The lowest BCUT2D eigenvalue weighted by Crippen LogP contribution is -2.19. The molecule has 4 rings (SSSR count). The standard InChI is InChI=1S/C18H20N4O/c1-12-14(13-5-7-20-8-6-13)10-16(19)15-11-21-22(18(12)15)17-4-2-3-9-23-17/h5-8,10-11,17H,2-4,9,19H2,1H3. The van der Waals surface area contributed by atoms with Crippen molar-refractivity contribution >= 4 is 16.6 Å². The topological polar surface area (TPSA) is 66.0 Å². The van der Waals surface area contributed by atoms with Gasteiger partial charge in [-0.05, 0) is 61.1 Å². The zero-order chi connectivity index (χ0) is 15.8. The molecule has 1 aliphatic heterocycles. The minimum Gasteiger partial charge on any atom is -0.398 e. The van der Waals surface area contributed by atoms with E-state index < -0.39 is 0 Å². The van der Waals surface area contributed by atoms with E-state index in [2.05, 4.69) is 17.0 Å². The van der Waals surface area contributed by atoms with Crippen LogP contribution in [0.3, 0.4) is 0 Å². The summed E-state index contributed by atoms with van der Waals surface area (Å²) in [6.45, 7) is 2.92. The lowest BCUT2D eigenvalue weighted by atomic mass is 9.98. The zero-order valence-corrected chi connectivity index (χ0v) is 13.2. The summed E-state index contributed by atoms with van der Waals surface area (Å²) in [7, 11) is 0. The lowest BCUT2D eigenvalue weighted by Gasteiger charge is -2.24.